The first-order valence-corrected chi connectivity index (χ1v) is 10.3. The standard InChI is InChI=1S/C19H25F3N4S/c1-13(2)9-25-5-3-18(10-25)4-6-26(11-18)16-15-7-14(8-19(20,21)22)27-17(15)24-12-23-16/h7,12-13H,3-6,8-11H2,1-2H3/t18-/m1/s1. The van der Waals surface area contributed by atoms with Gasteiger partial charge in [0.05, 0.1) is 11.8 Å². The highest BCUT2D eigenvalue weighted by Gasteiger charge is 2.44. The van der Waals surface area contributed by atoms with Gasteiger partial charge in [-0.1, -0.05) is 13.8 Å². The lowest BCUT2D eigenvalue weighted by atomic mass is 9.86. The lowest BCUT2D eigenvalue weighted by Gasteiger charge is -2.26. The van der Waals surface area contributed by atoms with Gasteiger partial charge in [0.25, 0.3) is 0 Å². The first kappa shape index (κ1) is 18.9. The minimum Gasteiger partial charge on any atom is -0.355 e. The summed E-state index contributed by atoms with van der Waals surface area (Å²) >= 11 is 1.12. The van der Waals surface area contributed by atoms with Crippen molar-refractivity contribution in [2.75, 3.05) is 37.6 Å². The molecule has 0 radical (unpaired) electrons. The number of aromatic nitrogens is 2. The van der Waals surface area contributed by atoms with E-state index in [1.807, 2.05) is 0 Å². The fourth-order valence-electron chi connectivity index (χ4n) is 4.58. The second-order valence-electron chi connectivity index (χ2n) is 8.47. The Morgan fingerprint density at radius 1 is 1.19 bits per heavy atom. The number of alkyl halides is 3. The molecule has 2 aromatic rings. The van der Waals surface area contributed by atoms with E-state index < -0.39 is 12.6 Å². The quantitative estimate of drug-likeness (QED) is 0.766. The number of fused-ring (bicyclic) bond motifs is 1. The predicted molar refractivity (Wildman–Crippen MR) is 102 cm³/mol. The Kier molecular flexibility index (Phi) is 4.83. The van der Waals surface area contributed by atoms with Gasteiger partial charge >= 0.3 is 6.18 Å². The van der Waals surface area contributed by atoms with E-state index in [2.05, 4.69) is 33.6 Å². The summed E-state index contributed by atoms with van der Waals surface area (Å²) in [5.74, 6) is 1.46. The minimum absolute atomic E-state index is 0.289. The number of halogens is 3. The molecule has 0 N–H and O–H groups in total. The van der Waals surface area contributed by atoms with Gasteiger partial charge in [0, 0.05) is 36.5 Å². The van der Waals surface area contributed by atoms with Crippen LogP contribution in [0.2, 0.25) is 0 Å². The van der Waals surface area contributed by atoms with Gasteiger partial charge in [-0.15, -0.1) is 11.3 Å². The van der Waals surface area contributed by atoms with Crippen LogP contribution in [0.15, 0.2) is 12.4 Å². The van der Waals surface area contributed by atoms with Crippen molar-refractivity contribution in [2.24, 2.45) is 11.3 Å². The van der Waals surface area contributed by atoms with Crippen LogP contribution in [0.3, 0.4) is 0 Å². The molecular formula is C19H25F3N4S. The van der Waals surface area contributed by atoms with Crippen LogP contribution in [0.5, 0.6) is 0 Å². The summed E-state index contributed by atoms with van der Waals surface area (Å²) in [5, 5.41) is 0.760. The SMILES string of the molecule is CC(C)CN1CC[C@@]2(CCN(c3ncnc4sc(CC(F)(F)F)cc34)C2)C1. The molecule has 2 aliphatic heterocycles. The van der Waals surface area contributed by atoms with Crippen molar-refractivity contribution in [1.29, 1.82) is 0 Å². The smallest absolute Gasteiger partial charge is 0.355 e. The molecule has 2 saturated heterocycles. The molecule has 1 spiro atoms. The first-order valence-electron chi connectivity index (χ1n) is 9.51. The van der Waals surface area contributed by atoms with Gasteiger partial charge in [0.15, 0.2) is 0 Å². The maximum Gasteiger partial charge on any atom is 0.393 e. The molecule has 148 valence electrons. The second-order valence-corrected chi connectivity index (χ2v) is 9.59. The third kappa shape index (κ3) is 4.06. The van der Waals surface area contributed by atoms with Crippen LogP contribution in [0, 0.1) is 11.3 Å². The zero-order chi connectivity index (χ0) is 19.2. The molecule has 0 bridgehead atoms. The number of anilines is 1. The molecule has 0 unspecified atom stereocenters. The number of hydrogen-bond acceptors (Lipinski definition) is 5. The summed E-state index contributed by atoms with van der Waals surface area (Å²) < 4.78 is 38.3. The summed E-state index contributed by atoms with van der Waals surface area (Å²) in [4.78, 5) is 14.4. The highest BCUT2D eigenvalue weighted by molar-refractivity contribution is 7.18. The molecule has 2 aliphatic rings. The minimum atomic E-state index is -4.20. The normalized spacial score (nSPS) is 24.1. The van der Waals surface area contributed by atoms with Crippen molar-refractivity contribution >= 4 is 27.4 Å². The molecule has 27 heavy (non-hydrogen) atoms. The van der Waals surface area contributed by atoms with Crippen LogP contribution in [0.4, 0.5) is 19.0 Å². The maximum atomic E-state index is 12.8. The van der Waals surface area contributed by atoms with E-state index in [1.54, 1.807) is 6.07 Å². The summed E-state index contributed by atoms with van der Waals surface area (Å²) in [5.41, 5.74) is 0.289. The first-order chi connectivity index (χ1) is 12.7. The Morgan fingerprint density at radius 3 is 2.70 bits per heavy atom. The zero-order valence-electron chi connectivity index (χ0n) is 15.7. The van der Waals surface area contributed by atoms with Gasteiger partial charge in [-0.25, -0.2) is 9.97 Å². The molecule has 4 nitrogen and oxygen atoms in total. The average molecular weight is 398 g/mol. The van der Waals surface area contributed by atoms with Crippen LogP contribution in [-0.4, -0.2) is 53.8 Å². The molecule has 8 heteroatoms. The lowest BCUT2D eigenvalue weighted by Crippen LogP contribution is -2.32. The summed E-state index contributed by atoms with van der Waals surface area (Å²) in [7, 11) is 0. The van der Waals surface area contributed by atoms with E-state index in [4.69, 9.17) is 0 Å². The highest BCUT2D eigenvalue weighted by atomic mass is 32.1. The van der Waals surface area contributed by atoms with Crippen LogP contribution in [0.25, 0.3) is 10.2 Å². The fraction of sp³-hybridized carbons (Fsp3) is 0.684. The molecule has 0 aliphatic carbocycles. The van der Waals surface area contributed by atoms with Crippen molar-refractivity contribution in [3.63, 3.8) is 0 Å². The molecule has 4 heterocycles. The van der Waals surface area contributed by atoms with Gasteiger partial charge < -0.3 is 9.80 Å². The summed E-state index contributed by atoms with van der Waals surface area (Å²) in [6, 6.07) is 1.63. The molecule has 4 rings (SSSR count). The van der Waals surface area contributed by atoms with Gasteiger partial charge in [-0.3, -0.25) is 0 Å². The number of rotatable bonds is 4. The Morgan fingerprint density at radius 2 is 1.96 bits per heavy atom. The van der Waals surface area contributed by atoms with E-state index in [9.17, 15) is 13.2 Å². The number of thiophene rings is 1. The average Bonchev–Trinajstić information content (AvgIpc) is 3.24. The number of nitrogens with zero attached hydrogens (tertiary/aromatic N) is 4. The van der Waals surface area contributed by atoms with E-state index in [-0.39, 0.29) is 5.41 Å². The fourth-order valence-corrected chi connectivity index (χ4v) is 5.60. The van der Waals surface area contributed by atoms with Gasteiger partial charge in [0.2, 0.25) is 0 Å². The Hall–Kier alpha value is -1.41. The monoisotopic (exact) mass is 398 g/mol. The number of hydrogen-bond donors (Lipinski definition) is 0. The molecule has 2 aromatic heterocycles. The van der Waals surface area contributed by atoms with E-state index >= 15 is 0 Å². The zero-order valence-corrected chi connectivity index (χ0v) is 16.5. The van der Waals surface area contributed by atoms with Crippen molar-refractivity contribution < 1.29 is 13.2 Å². The Balaban J connectivity index is 1.53. The molecule has 1 atom stereocenters. The second kappa shape index (κ2) is 6.88. The van der Waals surface area contributed by atoms with Crippen LogP contribution < -0.4 is 4.90 Å². The molecular weight excluding hydrogens is 373 g/mol. The largest absolute Gasteiger partial charge is 0.393 e. The van der Waals surface area contributed by atoms with Gasteiger partial charge in [-0.05, 0) is 31.4 Å². The third-order valence-corrected chi connectivity index (χ3v) is 6.66. The molecule has 0 amide bonds. The Labute approximate surface area is 161 Å². The topological polar surface area (TPSA) is 32.3 Å². The lowest BCUT2D eigenvalue weighted by molar-refractivity contribution is -0.126. The van der Waals surface area contributed by atoms with Crippen molar-refractivity contribution in [3.8, 4) is 0 Å². The van der Waals surface area contributed by atoms with Gasteiger partial charge in [0.1, 0.15) is 17.0 Å². The predicted octanol–water partition coefficient (Wildman–Crippen LogP) is 4.35. The van der Waals surface area contributed by atoms with Crippen LogP contribution in [-0.2, 0) is 6.42 Å². The van der Waals surface area contributed by atoms with Gasteiger partial charge in [-0.2, -0.15) is 13.2 Å². The van der Waals surface area contributed by atoms with E-state index in [0.717, 1.165) is 61.7 Å². The molecule has 0 saturated carbocycles. The summed E-state index contributed by atoms with van der Waals surface area (Å²) in [6.45, 7) is 9.71. The van der Waals surface area contributed by atoms with E-state index in [0.29, 0.717) is 15.6 Å². The van der Waals surface area contributed by atoms with E-state index in [1.165, 1.54) is 12.7 Å². The van der Waals surface area contributed by atoms with Crippen molar-refractivity contribution in [2.45, 2.75) is 39.3 Å². The maximum absolute atomic E-state index is 12.8. The summed E-state index contributed by atoms with van der Waals surface area (Å²) in [6.07, 6.45) is -1.31. The van der Waals surface area contributed by atoms with Crippen molar-refractivity contribution in [1.82, 2.24) is 14.9 Å². The van der Waals surface area contributed by atoms with Crippen LogP contribution in [0.1, 0.15) is 31.6 Å². The highest BCUT2D eigenvalue weighted by Crippen LogP contribution is 2.43. The molecule has 2 fully saturated rings. The third-order valence-electron chi connectivity index (χ3n) is 5.61. The van der Waals surface area contributed by atoms with Crippen LogP contribution >= 0.6 is 11.3 Å². The van der Waals surface area contributed by atoms with Crippen molar-refractivity contribution in [3.05, 3.63) is 17.3 Å². The number of likely N-dealkylation sites (tertiary alicyclic amines) is 1. The Bertz CT molecular complexity index is 819. The molecule has 0 aromatic carbocycles.